The fourth-order valence-corrected chi connectivity index (χ4v) is 3.22. The van der Waals surface area contributed by atoms with Crippen LogP contribution < -0.4 is 9.47 Å². The monoisotopic (exact) mass is 512 g/mol. The molecule has 0 aromatic carbocycles. The van der Waals surface area contributed by atoms with Crippen LogP contribution in [0.3, 0.4) is 0 Å². The van der Waals surface area contributed by atoms with Crippen LogP contribution in [0.25, 0.3) is 0 Å². The summed E-state index contributed by atoms with van der Waals surface area (Å²) in [6.45, 7) is 10.8. The van der Waals surface area contributed by atoms with Gasteiger partial charge in [-0.25, -0.2) is 0 Å². The summed E-state index contributed by atoms with van der Waals surface area (Å²) in [6, 6.07) is 3.25. The third-order valence-electron chi connectivity index (χ3n) is 5.17. The summed E-state index contributed by atoms with van der Waals surface area (Å²) in [5.41, 5.74) is 0. The van der Waals surface area contributed by atoms with Crippen LogP contribution in [0.5, 0.6) is 11.8 Å². The van der Waals surface area contributed by atoms with E-state index in [9.17, 15) is 9.59 Å². The number of rotatable bonds is 14. The Morgan fingerprint density at radius 3 is 1.58 bits per heavy atom. The Balaban J connectivity index is 0.000000360. The maximum absolute atomic E-state index is 11.7. The summed E-state index contributed by atoms with van der Waals surface area (Å²) >= 11 is 0. The van der Waals surface area contributed by atoms with E-state index in [1.807, 2.05) is 27.7 Å². The van der Waals surface area contributed by atoms with Gasteiger partial charge < -0.3 is 33.1 Å². The van der Waals surface area contributed by atoms with E-state index in [4.69, 9.17) is 33.1 Å². The van der Waals surface area contributed by atoms with Crippen molar-refractivity contribution in [3.05, 3.63) is 23.7 Å². The van der Waals surface area contributed by atoms with Crippen molar-refractivity contribution in [2.45, 2.75) is 65.7 Å². The minimum atomic E-state index is -0.488. The third-order valence-corrected chi connectivity index (χ3v) is 5.17. The molecule has 0 amide bonds. The van der Waals surface area contributed by atoms with Crippen LogP contribution in [0.2, 0.25) is 0 Å². The molecule has 2 unspecified atom stereocenters. The molecule has 2 heterocycles. The number of unbranched alkanes of at least 4 members (excludes halogenated alkanes) is 1. The van der Waals surface area contributed by atoms with Crippen LogP contribution in [0.15, 0.2) is 21.2 Å². The maximum atomic E-state index is 11.7. The highest BCUT2D eigenvalue weighted by molar-refractivity contribution is 5.78. The van der Waals surface area contributed by atoms with E-state index in [0.717, 1.165) is 12.8 Å². The van der Waals surface area contributed by atoms with Crippen LogP contribution in [-0.2, 0) is 19.1 Å². The van der Waals surface area contributed by atoms with Crippen LogP contribution >= 0.6 is 0 Å². The molecule has 11 heteroatoms. The molecule has 2 aromatic heterocycles. The van der Waals surface area contributed by atoms with Crippen molar-refractivity contribution >= 4 is 11.9 Å². The molecule has 0 radical (unpaired) electrons. The molecule has 0 aliphatic rings. The van der Waals surface area contributed by atoms with E-state index in [2.05, 4.69) is 17.2 Å². The zero-order valence-corrected chi connectivity index (χ0v) is 22.3. The van der Waals surface area contributed by atoms with E-state index in [1.54, 1.807) is 12.1 Å². The highest BCUT2D eigenvalue weighted by atomic mass is 16.6. The molecule has 2 aromatic rings. The van der Waals surface area contributed by atoms with E-state index in [-0.39, 0.29) is 30.4 Å². The number of ether oxygens (including phenoxy) is 4. The van der Waals surface area contributed by atoms with Crippen LogP contribution in [0.4, 0.5) is 0 Å². The second-order valence-corrected chi connectivity index (χ2v) is 8.75. The number of aliphatic hydroxyl groups is 1. The van der Waals surface area contributed by atoms with Crippen LogP contribution in [0.1, 0.15) is 77.2 Å². The first-order chi connectivity index (χ1) is 17.2. The molecule has 204 valence electrons. The second kappa shape index (κ2) is 16.6. The van der Waals surface area contributed by atoms with Gasteiger partial charge in [-0.2, -0.15) is 0 Å². The highest BCUT2D eigenvalue weighted by Crippen LogP contribution is 2.29. The number of carbonyl (C=O) groups excluding carboxylic acids is 2. The van der Waals surface area contributed by atoms with E-state index in [1.165, 1.54) is 14.2 Å². The zero-order chi connectivity index (χ0) is 27.1. The second-order valence-electron chi connectivity index (χ2n) is 8.75. The normalized spacial score (nSPS) is 12.5. The molecule has 1 N–H and O–H groups in total. The smallest absolute Gasteiger partial charge is 0.316 e. The largest absolute Gasteiger partial charge is 0.476 e. The molecule has 2 rings (SSSR count). The summed E-state index contributed by atoms with van der Waals surface area (Å²) in [5.74, 6) is 0.165. The van der Waals surface area contributed by atoms with Crippen molar-refractivity contribution in [3.63, 3.8) is 0 Å². The number of aliphatic hydroxyl groups excluding tert-OH is 1. The molecule has 0 saturated carbocycles. The van der Waals surface area contributed by atoms with Gasteiger partial charge in [0.1, 0.15) is 11.8 Å². The predicted molar refractivity (Wildman–Crippen MR) is 130 cm³/mol. The van der Waals surface area contributed by atoms with Gasteiger partial charge in [0.25, 0.3) is 11.8 Å². The van der Waals surface area contributed by atoms with E-state index >= 15 is 0 Å². The predicted octanol–water partition coefficient (Wildman–Crippen LogP) is 4.11. The number of hydrogen-bond donors (Lipinski definition) is 1. The first-order valence-corrected chi connectivity index (χ1v) is 12.1. The molecule has 11 nitrogen and oxygen atoms in total. The molecule has 0 saturated heterocycles. The number of hydrogen-bond acceptors (Lipinski definition) is 11. The third kappa shape index (κ3) is 9.88. The van der Waals surface area contributed by atoms with Crippen molar-refractivity contribution in [2.24, 2.45) is 11.8 Å². The van der Waals surface area contributed by atoms with Gasteiger partial charge in [0.2, 0.25) is 0 Å². The Hall–Kier alpha value is -3.08. The summed E-state index contributed by atoms with van der Waals surface area (Å²) < 4.78 is 30.4. The quantitative estimate of drug-likeness (QED) is 0.288. The molecule has 0 fully saturated rings. The SMILES string of the molecule is CCCCOc1cc(C(C(=O)OC)C(C)C)on1.COC(=O)C(c1cc(OCCCO)no1)C(C)C. The number of nitrogens with zero attached hydrogens (tertiary/aromatic N) is 2. The summed E-state index contributed by atoms with van der Waals surface area (Å²) in [7, 11) is 2.71. The fraction of sp³-hybridized carbons (Fsp3) is 0.680. The highest BCUT2D eigenvalue weighted by Gasteiger charge is 2.30. The molecule has 36 heavy (non-hydrogen) atoms. The molecular formula is C25H40N2O9. The fourth-order valence-electron chi connectivity index (χ4n) is 3.22. The van der Waals surface area contributed by atoms with Gasteiger partial charge in [-0.3, -0.25) is 9.59 Å². The summed E-state index contributed by atoms with van der Waals surface area (Å²) in [4.78, 5) is 23.3. The molecule has 2 atom stereocenters. The Kier molecular flexibility index (Phi) is 14.2. The Morgan fingerprint density at radius 1 is 0.833 bits per heavy atom. The standard InChI is InChI=1S/C13H21NO4.C12H19NO5/c1-5-6-7-17-11-8-10(18-14-11)12(9(2)3)13(15)16-4;1-8(2)11(12(15)16-3)9-7-10(13-18-9)17-6-4-5-14/h8-9,12H,5-7H2,1-4H3;7-8,11,14H,4-6H2,1-3H3. The lowest BCUT2D eigenvalue weighted by atomic mass is 9.93. The molecule has 0 bridgehead atoms. The van der Waals surface area contributed by atoms with E-state index < -0.39 is 11.8 Å². The van der Waals surface area contributed by atoms with Crippen LogP contribution in [0, 0.1) is 11.8 Å². The van der Waals surface area contributed by atoms with Gasteiger partial charge in [0.05, 0.1) is 27.4 Å². The number of methoxy groups -OCH3 is 2. The van der Waals surface area contributed by atoms with Gasteiger partial charge in [-0.1, -0.05) is 41.0 Å². The molecule has 0 aliphatic heterocycles. The average molecular weight is 513 g/mol. The van der Waals surface area contributed by atoms with E-state index in [0.29, 0.717) is 42.9 Å². The lowest BCUT2D eigenvalue weighted by molar-refractivity contribution is -0.145. The first kappa shape index (κ1) is 31.0. The molecule has 0 aliphatic carbocycles. The number of aromatic nitrogens is 2. The Bertz CT molecular complexity index is 819. The van der Waals surface area contributed by atoms with Crippen molar-refractivity contribution in [1.82, 2.24) is 10.3 Å². The molecular weight excluding hydrogens is 472 g/mol. The maximum Gasteiger partial charge on any atom is 0.316 e. The number of carbonyl (C=O) groups is 2. The number of esters is 2. The van der Waals surface area contributed by atoms with Crippen molar-refractivity contribution < 1.29 is 42.7 Å². The topological polar surface area (TPSA) is 143 Å². The van der Waals surface area contributed by atoms with Crippen molar-refractivity contribution in [2.75, 3.05) is 34.0 Å². The van der Waals surface area contributed by atoms with Crippen molar-refractivity contribution in [3.8, 4) is 11.8 Å². The summed E-state index contributed by atoms with van der Waals surface area (Å²) in [6.07, 6.45) is 2.54. The average Bonchev–Trinajstić information content (AvgIpc) is 3.49. The Morgan fingerprint density at radius 2 is 1.25 bits per heavy atom. The van der Waals surface area contributed by atoms with Crippen LogP contribution in [-0.4, -0.2) is 61.4 Å². The minimum Gasteiger partial charge on any atom is -0.476 e. The lowest BCUT2D eigenvalue weighted by Gasteiger charge is -2.14. The lowest BCUT2D eigenvalue weighted by Crippen LogP contribution is -2.19. The van der Waals surface area contributed by atoms with Gasteiger partial charge in [0.15, 0.2) is 11.5 Å². The minimum absolute atomic E-state index is 0.0377. The van der Waals surface area contributed by atoms with Crippen molar-refractivity contribution in [1.29, 1.82) is 0 Å². The Labute approximate surface area is 212 Å². The molecule has 0 spiro atoms. The zero-order valence-electron chi connectivity index (χ0n) is 22.3. The van der Waals surface area contributed by atoms with Gasteiger partial charge in [-0.15, -0.1) is 0 Å². The van der Waals surface area contributed by atoms with Gasteiger partial charge in [0, 0.05) is 25.2 Å². The van der Waals surface area contributed by atoms with Gasteiger partial charge in [-0.05, 0) is 28.6 Å². The summed E-state index contributed by atoms with van der Waals surface area (Å²) in [5, 5.41) is 16.2. The van der Waals surface area contributed by atoms with Gasteiger partial charge >= 0.3 is 11.9 Å². The first-order valence-electron chi connectivity index (χ1n) is 12.1.